The standard InChI is InChI=1S/C30H42N2O.2C2H6/c1-7-28(26(5)29-21-24(3)23(2)20-25(29)4)30(33-6)22-32-18-16-31(17-19-32)15-11-14-27-12-9-8-10-13-27;2*1-2/h8-14,20-21,28,30H,5,7,15-19,22H2,1-4,6H3;2*1-2H3/b14-11+;;. The van der Waals surface area contributed by atoms with Crippen molar-refractivity contribution >= 4 is 11.6 Å². The summed E-state index contributed by atoms with van der Waals surface area (Å²) < 4.78 is 6.06. The van der Waals surface area contributed by atoms with Gasteiger partial charge in [-0.25, -0.2) is 0 Å². The van der Waals surface area contributed by atoms with E-state index < -0.39 is 0 Å². The minimum atomic E-state index is 0.160. The highest BCUT2D eigenvalue weighted by atomic mass is 16.5. The van der Waals surface area contributed by atoms with Gasteiger partial charge in [-0.3, -0.25) is 9.80 Å². The van der Waals surface area contributed by atoms with Crippen LogP contribution in [-0.4, -0.2) is 62.3 Å². The summed E-state index contributed by atoms with van der Waals surface area (Å²) in [5.41, 5.74) is 7.77. The molecule has 2 atom stereocenters. The van der Waals surface area contributed by atoms with Crippen LogP contribution in [-0.2, 0) is 4.74 Å². The molecule has 2 aromatic rings. The number of hydrogen-bond donors (Lipinski definition) is 0. The van der Waals surface area contributed by atoms with Gasteiger partial charge in [0.15, 0.2) is 0 Å². The van der Waals surface area contributed by atoms with Crippen molar-refractivity contribution in [3.8, 4) is 0 Å². The molecule has 0 saturated carbocycles. The Labute approximate surface area is 229 Å². The van der Waals surface area contributed by atoms with Crippen molar-refractivity contribution in [1.82, 2.24) is 9.80 Å². The molecule has 0 radical (unpaired) electrons. The fraction of sp³-hybridized carbons (Fsp3) is 0.529. The topological polar surface area (TPSA) is 15.7 Å². The number of nitrogens with zero attached hydrogens (tertiary/aromatic N) is 2. The van der Waals surface area contributed by atoms with E-state index in [0.29, 0.717) is 5.92 Å². The van der Waals surface area contributed by atoms with Gasteiger partial charge in [0, 0.05) is 52.3 Å². The SMILES string of the molecule is C=C(c1cc(C)c(C)cc1C)C(CC)C(CN1CCN(C/C=C/c2ccccc2)CC1)OC.CC.CC. The van der Waals surface area contributed by atoms with Crippen molar-refractivity contribution in [2.45, 2.75) is 67.9 Å². The van der Waals surface area contributed by atoms with Crippen LogP contribution in [0.25, 0.3) is 11.6 Å². The summed E-state index contributed by atoms with van der Waals surface area (Å²) in [6, 6.07) is 15.1. The molecule has 1 heterocycles. The molecule has 1 aliphatic rings. The lowest BCUT2D eigenvalue weighted by atomic mass is 9.84. The largest absolute Gasteiger partial charge is 0.379 e. The van der Waals surface area contributed by atoms with Crippen molar-refractivity contribution in [1.29, 1.82) is 0 Å². The molecule has 37 heavy (non-hydrogen) atoms. The van der Waals surface area contributed by atoms with Crippen molar-refractivity contribution in [2.24, 2.45) is 5.92 Å². The maximum atomic E-state index is 6.06. The van der Waals surface area contributed by atoms with Gasteiger partial charge in [0.25, 0.3) is 0 Å². The molecule has 0 aliphatic carbocycles. The molecule has 1 saturated heterocycles. The van der Waals surface area contributed by atoms with E-state index in [1.165, 1.54) is 33.4 Å². The first-order chi connectivity index (χ1) is 17.9. The fourth-order valence-electron chi connectivity index (χ4n) is 4.92. The van der Waals surface area contributed by atoms with E-state index in [9.17, 15) is 0 Å². The summed E-state index contributed by atoms with van der Waals surface area (Å²) >= 11 is 0. The Hall–Kier alpha value is -2.20. The van der Waals surface area contributed by atoms with Crippen molar-refractivity contribution in [3.63, 3.8) is 0 Å². The zero-order chi connectivity index (χ0) is 27.8. The van der Waals surface area contributed by atoms with Crippen LogP contribution >= 0.6 is 0 Å². The average Bonchev–Trinajstić information content (AvgIpc) is 2.94. The van der Waals surface area contributed by atoms with E-state index in [1.807, 2.05) is 34.8 Å². The molecule has 0 spiro atoms. The molecule has 3 rings (SSSR count). The second-order valence-electron chi connectivity index (χ2n) is 9.48. The number of aryl methyl sites for hydroxylation is 3. The van der Waals surface area contributed by atoms with Gasteiger partial charge >= 0.3 is 0 Å². The third kappa shape index (κ3) is 10.2. The summed E-state index contributed by atoms with van der Waals surface area (Å²) in [5, 5.41) is 0. The van der Waals surface area contributed by atoms with Gasteiger partial charge in [0.1, 0.15) is 0 Å². The zero-order valence-corrected chi connectivity index (χ0v) is 25.3. The Morgan fingerprint density at radius 1 is 0.892 bits per heavy atom. The number of ether oxygens (including phenoxy) is 1. The van der Waals surface area contributed by atoms with Gasteiger partial charge in [-0.15, -0.1) is 0 Å². The Morgan fingerprint density at radius 3 is 2.03 bits per heavy atom. The van der Waals surface area contributed by atoms with Crippen LogP contribution in [0.15, 0.2) is 55.1 Å². The highest BCUT2D eigenvalue weighted by Crippen LogP contribution is 2.32. The second kappa shape index (κ2) is 18.1. The van der Waals surface area contributed by atoms with E-state index >= 15 is 0 Å². The lowest BCUT2D eigenvalue weighted by molar-refractivity contribution is 0.0229. The van der Waals surface area contributed by atoms with Crippen molar-refractivity contribution < 1.29 is 4.74 Å². The van der Waals surface area contributed by atoms with E-state index in [0.717, 1.165) is 45.7 Å². The Balaban J connectivity index is 0.00000163. The van der Waals surface area contributed by atoms with Crippen LogP contribution in [0.3, 0.4) is 0 Å². The van der Waals surface area contributed by atoms with E-state index in [4.69, 9.17) is 4.74 Å². The molecule has 206 valence electrons. The van der Waals surface area contributed by atoms with Crippen LogP contribution in [0.1, 0.15) is 68.9 Å². The van der Waals surface area contributed by atoms with Crippen LogP contribution in [0.4, 0.5) is 0 Å². The summed E-state index contributed by atoms with van der Waals surface area (Å²) in [4.78, 5) is 5.10. The van der Waals surface area contributed by atoms with Crippen molar-refractivity contribution in [3.05, 3.63) is 82.9 Å². The summed E-state index contributed by atoms with van der Waals surface area (Å²) in [6.07, 6.45) is 5.70. The summed E-state index contributed by atoms with van der Waals surface area (Å²) in [5.74, 6) is 0.322. The highest BCUT2D eigenvalue weighted by Gasteiger charge is 2.27. The van der Waals surface area contributed by atoms with Gasteiger partial charge in [0.2, 0.25) is 0 Å². The quantitative estimate of drug-likeness (QED) is 0.324. The molecular formula is C34H54N2O. The second-order valence-corrected chi connectivity index (χ2v) is 9.48. The Morgan fingerprint density at radius 2 is 1.46 bits per heavy atom. The number of benzene rings is 2. The first kappa shape index (κ1) is 32.8. The lowest BCUT2D eigenvalue weighted by Crippen LogP contribution is -2.49. The average molecular weight is 507 g/mol. The molecule has 3 nitrogen and oxygen atoms in total. The molecule has 2 unspecified atom stereocenters. The molecule has 1 aliphatic heterocycles. The molecule has 0 N–H and O–H groups in total. The molecule has 0 bridgehead atoms. The minimum absolute atomic E-state index is 0.160. The highest BCUT2D eigenvalue weighted by molar-refractivity contribution is 5.69. The molecule has 3 heteroatoms. The Bertz CT molecular complexity index is 926. The lowest BCUT2D eigenvalue weighted by Gasteiger charge is -2.38. The molecular weight excluding hydrogens is 452 g/mol. The van der Waals surface area contributed by atoms with E-state index in [-0.39, 0.29) is 6.10 Å². The van der Waals surface area contributed by atoms with Gasteiger partial charge < -0.3 is 4.74 Å². The monoisotopic (exact) mass is 506 g/mol. The molecule has 2 aromatic carbocycles. The smallest absolute Gasteiger partial charge is 0.0766 e. The predicted octanol–water partition coefficient (Wildman–Crippen LogP) is 8.05. The number of piperazine rings is 1. The number of methoxy groups -OCH3 is 1. The first-order valence-corrected chi connectivity index (χ1v) is 14.4. The summed E-state index contributed by atoms with van der Waals surface area (Å²) in [6.45, 7) is 27.7. The fourth-order valence-corrected chi connectivity index (χ4v) is 4.92. The third-order valence-electron chi connectivity index (χ3n) is 7.20. The molecule has 1 fully saturated rings. The first-order valence-electron chi connectivity index (χ1n) is 14.4. The predicted molar refractivity (Wildman–Crippen MR) is 165 cm³/mol. The minimum Gasteiger partial charge on any atom is -0.379 e. The normalized spacial score (nSPS) is 15.8. The van der Waals surface area contributed by atoms with Gasteiger partial charge in [0.05, 0.1) is 6.10 Å². The molecule has 0 amide bonds. The summed E-state index contributed by atoms with van der Waals surface area (Å²) in [7, 11) is 1.86. The van der Waals surface area contributed by atoms with Gasteiger partial charge in [-0.2, -0.15) is 0 Å². The zero-order valence-electron chi connectivity index (χ0n) is 25.3. The number of rotatable bonds is 10. The van der Waals surface area contributed by atoms with Gasteiger partial charge in [-0.05, 0) is 60.6 Å². The van der Waals surface area contributed by atoms with Crippen LogP contribution in [0.2, 0.25) is 0 Å². The van der Waals surface area contributed by atoms with Crippen LogP contribution in [0.5, 0.6) is 0 Å². The van der Waals surface area contributed by atoms with Gasteiger partial charge in [-0.1, -0.05) is 95.8 Å². The van der Waals surface area contributed by atoms with Crippen LogP contribution < -0.4 is 0 Å². The van der Waals surface area contributed by atoms with Crippen molar-refractivity contribution in [2.75, 3.05) is 46.4 Å². The molecule has 0 aromatic heterocycles. The van der Waals surface area contributed by atoms with Crippen LogP contribution in [0, 0.1) is 26.7 Å². The third-order valence-corrected chi connectivity index (χ3v) is 7.20. The Kier molecular flexibility index (Phi) is 16.1. The van der Waals surface area contributed by atoms with E-state index in [1.54, 1.807) is 0 Å². The van der Waals surface area contributed by atoms with E-state index in [2.05, 4.69) is 98.7 Å². The number of hydrogen-bond acceptors (Lipinski definition) is 3. The maximum Gasteiger partial charge on any atom is 0.0766 e. The maximum absolute atomic E-state index is 6.06.